The van der Waals surface area contributed by atoms with E-state index in [9.17, 15) is 0 Å². The molecule has 110 valence electrons. The third-order valence-corrected chi connectivity index (χ3v) is 5.30. The largest absolute Gasteiger partial charge is 0.385 e. The van der Waals surface area contributed by atoms with Crippen LogP contribution in [-0.4, -0.2) is 12.6 Å². The summed E-state index contributed by atoms with van der Waals surface area (Å²) < 4.78 is 0. The van der Waals surface area contributed by atoms with Crippen molar-refractivity contribution in [3.63, 3.8) is 0 Å². The van der Waals surface area contributed by atoms with Gasteiger partial charge in [0.1, 0.15) is 0 Å². The second-order valence-corrected chi connectivity index (χ2v) is 6.97. The maximum atomic E-state index is 5.98. The van der Waals surface area contributed by atoms with Gasteiger partial charge in [-0.15, -0.1) is 0 Å². The van der Waals surface area contributed by atoms with Gasteiger partial charge in [-0.3, -0.25) is 0 Å². The molecule has 0 amide bonds. The Hall–Kier alpha value is -1.02. The lowest BCUT2D eigenvalue weighted by Gasteiger charge is -2.26. The lowest BCUT2D eigenvalue weighted by atomic mass is 9.86. The first-order valence-electron chi connectivity index (χ1n) is 8.26. The molecule has 2 aliphatic carbocycles. The minimum absolute atomic E-state index is 0.454. The van der Waals surface area contributed by atoms with Gasteiger partial charge in [-0.05, 0) is 86.1 Å². The number of benzene rings is 1. The summed E-state index contributed by atoms with van der Waals surface area (Å²) in [6, 6.07) is 5.19. The van der Waals surface area contributed by atoms with Crippen molar-refractivity contribution in [3.8, 4) is 0 Å². The number of hydrogen-bond donors (Lipinski definition) is 2. The molecule has 0 bridgehead atoms. The number of aryl methyl sites for hydroxylation is 2. The van der Waals surface area contributed by atoms with Gasteiger partial charge in [0.2, 0.25) is 0 Å². The quantitative estimate of drug-likeness (QED) is 0.873. The molecular formula is C18H28N2. The van der Waals surface area contributed by atoms with Crippen molar-refractivity contribution in [2.45, 2.75) is 64.3 Å². The minimum Gasteiger partial charge on any atom is -0.385 e. The predicted octanol–water partition coefficient (Wildman–Crippen LogP) is 3.97. The number of rotatable bonds is 3. The van der Waals surface area contributed by atoms with E-state index < -0.39 is 0 Å². The number of fused-ring (bicyclic) bond motifs is 1. The summed E-state index contributed by atoms with van der Waals surface area (Å²) >= 11 is 0. The fraction of sp³-hybridized carbons (Fsp3) is 0.667. The van der Waals surface area contributed by atoms with Crippen LogP contribution in [0, 0.1) is 12.8 Å². The lowest BCUT2D eigenvalue weighted by Crippen LogP contribution is -2.29. The molecule has 2 heteroatoms. The van der Waals surface area contributed by atoms with Crippen molar-refractivity contribution < 1.29 is 0 Å². The topological polar surface area (TPSA) is 38.0 Å². The van der Waals surface area contributed by atoms with Crippen LogP contribution in [-0.2, 0) is 6.42 Å². The summed E-state index contributed by atoms with van der Waals surface area (Å²) in [6.07, 6.45) is 7.55. The molecule has 1 atom stereocenters. The molecule has 2 aliphatic rings. The molecule has 1 fully saturated rings. The summed E-state index contributed by atoms with van der Waals surface area (Å²) in [5, 5.41) is 3.67. The Labute approximate surface area is 123 Å². The Morgan fingerprint density at radius 3 is 2.65 bits per heavy atom. The van der Waals surface area contributed by atoms with E-state index in [4.69, 9.17) is 5.73 Å². The number of hydrogen-bond acceptors (Lipinski definition) is 2. The van der Waals surface area contributed by atoms with E-state index in [1.807, 2.05) is 0 Å². The van der Waals surface area contributed by atoms with Crippen LogP contribution in [0.15, 0.2) is 12.1 Å². The fourth-order valence-corrected chi connectivity index (χ4v) is 4.06. The van der Waals surface area contributed by atoms with Crippen LogP contribution in [0.25, 0.3) is 0 Å². The fourth-order valence-electron chi connectivity index (χ4n) is 4.06. The number of nitrogens with one attached hydrogen (secondary N) is 1. The van der Waals surface area contributed by atoms with E-state index in [-0.39, 0.29) is 0 Å². The standard InChI is InChI=1S/C18H28N2/c1-12-3-6-15-10-17(9-13(2)18(12)15)20-11-14-4-7-16(19)8-5-14/h9-10,12,14,16,20H,3-8,11,19H2,1-2H3. The average Bonchev–Trinajstić information content (AvgIpc) is 2.80. The molecule has 0 radical (unpaired) electrons. The zero-order valence-electron chi connectivity index (χ0n) is 12.9. The van der Waals surface area contributed by atoms with Gasteiger partial charge < -0.3 is 11.1 Å². The molecule has 20 heavy (non-hydrogen) atoms. The molecular weight excluding hydrogens is 244 g/mol. The van der Waals surface area contributed by atoms with Crippen molar-refractivity contribution in [2.24, 2.45) is 11.7 Å². The van der Waals surface area contributed by atoms with E-state index in [0.29, 0.717) is 6.04 Å². The van der Waals surface area contributed by atoms with Gasteiger partial charge in [0, 0.05) is 18.3 Å². The Morgan fingerprint density at radius 1 is 1.15 bits per heavy atom. The smallest absolute Gasteiger partial charge is 0.0345 e. The second-order valence-electron chi connectivity index (χ2n) is 6.97. The van der Waals surface area contributed by atoms with Crippen molar-refractivity contribution in [1.29, 1.82) is 0 Å². The van der Waals surface area contributed by atoms with Crippen LogP contribution in [0.2, 0.25) is 0 Å². The third-order valence-electron chi connectivity index (χ3n) is 5.30. The highest BCUT2D eigenvalue weighted by Gasteiger charge is 2.22. The Bertz CT molecular complexity index is 473. The van der Waals surface area contributed by atoms with Gasteiger partial charge in [-0.1, -0.05) is 6.92 Å². The summed E-state index contributed by atoms with van der Waals surface area (Å²) in [4.78, 5) is 0. The summed E-state index contributed by atoms with van der Waals surface area (Å²) in [6.45, 7) is 5.74. The zero-order valence-corrected chi connectivity index (χ0v) is 12.9. The Balaban J connectivity index is 1.63. The highest BCUT2D eigenvalue weighted by atomic mass is 14.9. The van der Waals surface area contributed by atoms with E-state index >= 15 is 0 Å². The molecule has 1 unspecified atom stereocenters. The monoisotopic (exact) mass is 272 g/mol. The maximum Gasteiger partial charge on any atom is 0.0345 e. The molecule has 0 spiro atoms. The molecule has 1 aromatic carbocycles. The summed E-state index contributed by atoms with van der Waals surface area (Å²) in [7, 11) is 0. The van der Waals surface area contributed by atoms with Crippen LogP contribution >= 0.6 is 0 Å². The Morgan fingerprint density at radius 2 is 1.90 bits per heavy atom. The summed E-state index contributed by atoms with van der Waals surface area (Å²) in [5.74, 6) is 1.56. The van der Waals surface area contributed by atoms with Crippen LogP contribution in [0.5, 0.6) is 0 Å². The van der Waals surface area contributed by atoms with Gasteiger partial charge in [-0.2, -0.15) is 0 Å². The number of anilines is 1. The zero-order chi connectivity index (χ0) is 14.1. The molecule has 1 aromatic rings. The van der Waals surface area contributed by atoms with Gasteiger partial charge in [0.15, 0.2) is 0 Å². The Kier molecular flexibility index (Phi) is 4.02. The van der Waals surface area contributed by atoms with Crippen LogP contribution in [0.4, 0.5) is 5.69 Å². The highest BCUT2D eigenvalue weighted by Crippen LogP contribution is 2.37. The van der Waals surface area contributed by atoms with Gasteiger partial charge in [0.25, 0.3) is 0 Å². The maximum absolute atomic E-state index is 5.98. The van der Waals surface area contributed by atoms with Gasteiger partial charge >= 0.3 is 0 Å². The highest BCUT2D eigenvalue weighted by molar-refractivity contribution is 5.55. The van der Waals surface area contributed by atoms with Crippen molar-refractivity contribution in [1.82, 2.24) is 0 Å². The molecule has 1 saturated carbocycles. The lowest BCUT2D eigenvalue weighted by molar-refractivity contribution is 0.339. The molecule has 3 rings (SSSR count). The van der Waals surface area contributed by atoms with E-state index in [1.165, 1.54) is 49.8 Å². The van der Waals surface area contributed by atoms with Crippen LogP contribution < -0.4 is 11.1 Å². The molecule has 0 heterocycles. The van der Waals surface area contributed by atoms with Crippen LogP contribution in [0.1, 0.15) is 61.6 Å². The van der Waals surface area contributed by atoms with Gasteiger partial charge in [-0.25, -0.2) is 0 Å². The average molecular weight is 272 g/mol. The molecule has 0 aromatic heterocycles. The van der Waals surface area contributed by atoms with E-state index in [1.54, 1.807) is 11.1 Å². The van der Waals surface area contributed by atoms with Crippen molar-refractivity contribution >= 4 is 5.69 Å². The van der Waals surface area contributed by atoms with E-state index in [0.717, 1.165) is 18.4 Å². The molecule has 0 aliphatic heterocycles. The third kappa shape index (κ3) is 2.85. The van der Waals surface area contributed by atoms with Gasteiger partial charge in [0.05, 0.1) is 0 Å². The SMILES string of the molecule is Cc1cc(NCC2CCC(N)CC2)cc2c1C(C)CC2. The predicted molar refractivity (Wildman–Crippen MR) is 86.3 cm³/mol. The molecule has 0 saturated heterocycles. The second kappa shape index (κ2) is 5.77. The van der Waals surface area contributed by atoms with Crippen molar-refractivity contribution in [3.05, 3.63) is 28.8 Å². The first-order chi connectivity index (χ1) is 9.63. The summed E-state index contributed by atoms with van der Waals surface area (Å²) in [5.41, 5.74) is 12.0. The number of nitrogens with two attached hydrogens (primary N) is 1. The van der Waals surface area contributed by atoms with Crippen molar-refractivity contribution in [2.75, 3.05) is 11.9 Å². The first-order valence-corrected chi connectivity index (χ1v) is 8.26. The first kappa shape index (κ1) is 13.9. The van der Waals surface area contributed by atoms with E-state index in [2.05, 4.69) is 31.3 Å². The molecule has 2 nitrogen and oxygen atoms in total. The molecule has 3 N–H and O–H groups in total. The minimum atomic E-state index is 0.454. The normalized spacial score (nSPS) is 29.2. The van der Waals surface area contributed by atoms with Crippen LogP contribution in [0.3, 0.4) is 0 Å².